The molecule has 0 bridgehead atoms. The van der Waals surface area contributed by atoms with Crippen molar-refractivity contribution in [1.29, 1.82) is 0 Å². The first kappa shape index (κ1) is 16.5. The van der Waals surface area contributed by atoms with Crippen molar-refractivity contribution in [1.82, 2.24) is 5.32 Å². The van der Waals surface area contributed by atoms with Gasteiger partial charge in [-0.2, -0.15) is 0 Å². The molecular weight excluding hydrogens is 278 g/mol. The molecule has 114 valence electrons. The standard InChI is InChI=1S/C14H17NO6/c1-20-13(17)9-11(14(18)19)15-12(16)7-8-21-10-5-3-2-4-6-10/h2-6,11H,7-9H2,1H3,(H,15,16)(H,18,19)/t11-/m0/s1. The number of carbonyl (C=O) groups is 3. The Bertz CT molecular complexity index is 487. The summed E-state index contributed by atoms with van der Waals surface area (Å²) in [5.41, 5.74) is 0. The van der Waals surface area contributed by atoms with E-state index in [9.17, 15) is 14.4 Å². The minimum atomic E-state index is -1.30. The van der Waals surface area contributed by atoms with Crippen LogP contribution in [0.1, 0.15) is 12.8 Å². The molecular formula is C14H17NO6. The number of aliphatic carboxylic acids is 1. The van der Waals surface area contributed by atoms with Crippen molar-refractivity contribution >= 4 is 17.8 Å². The number of esters is 1. The number of hydrogen-bond acceptors (Lipinski definition) is 5. The molecule has 0 aromatic heterocycles. The number of carbonyl (C=O) groups excluding carboxylic acids is 2. The maximum absolute atomic E-state index is 11.6. The van der Waals surface area contributed by atoms with Gasteiger partial charge in [-0.25, -0.2) is 4.79 Å². The zero-order valence-electron chi connectivity index (χ0n) is 11.6. The maximum atomic E-state index is 11.6. The second-order valence-corrected chi connectivity index (χ2v) is 4.15. The molecule has 0 radical (unpaired) electrons. The van der Waals surface area contributed by atoms with E-state index < -0.39 is 30.3 Å². The molecule has 0 aliphatic rings. The van der Waals surface area contributed by atoms with E-state index in [-0.39, 0.29) is 13.0 Å². The zero-order chi connectivity index (χ0) is 15.7. The Morgan fingerprint density at radius 2 is 1.90 bits per heavy atom. The first-order valence-corrected chi connectivity index (χ1v) is 6.29. The molecule has 1 amide bonds. The van der Waals surface area contributed by atoms with Gasteiger partial charge in [0.15, 0.2) is 0 Å². The number of para-hydroxylation sites is 1. The Morgan fingerprint density at radius 1 is 1.24 bits per heavy atom. The van der Waals surface area contributed by atoms with Gasteiger partial charge in [-0.3, -0.25) is 9.59 Å². The van der Waals surface area contributed by atoms with Gasteiger partial charge in [-0.1, -0.05) is 18.2 Å². The van der Waals surface area contributed by atoms with Gasteiger partial charge in [0.2, 0.25) is 5.91 Å². The van der Waals surface area contributed by atoms with Crippen LogP contribution in [0, 0.1) is 0 Å². The zero-order valence-corrected chi connectivity index (χ0v) is 11.6. The van der Waals surface area contributed by atoms with Gasteiger partial charge >= 0.3 is 11.9 Å². The fraction of sp³-hybridized carbons (Fsp3) is 0.357. The monoisotopic (exact) mass is 295 g/mol. The van der Waals surface area contributed by atoms with Crippen LogP contribution in [0.4, 0.5) is 0 Å². The van der Waals surface area contributed by atoms with Crippen LogP contribution >= 0.6 is 0 Å². The Labute approximate surface area is 121 Å². The molecule has 7 nitrogen and oxygen atoms in total. The van der Waals surface area contributed by atoms with Crippen molar-refractivity contribution < 1.29 is 29.0 Å². The third kappa shape index (κ3) is 6.42. The summed E-state index contributed by atoms with van der Waals surface area (Å²) < 4.78 is 9.69. The predicted molar refractivity (Wildman–Crippen MR) is 72.8 cm³/mol. The second-order valence-electron chi connectivity index (χ2n) is 4.15. The molecule has 0 saturated heterocycles. The topological polar surface area (TPSA) is 102 Å². The van der Waals surface area contributed by atoms with Crippen molar-refractivity contribution in [3.05, 3.63) is 30.3 Å². The molecule has 21 heavy (non-hydrogen) atoms. The van der Waals surface area contributed by atoms with Crippen LogP contribution in [0.25, 0.3) is 0 Å². The van der Waals surface area contributed by atoms with E-state index in [1.807, 2.05) is 6.07 Å². The van der Waals surface area contributed by atoms with E-state index in [2.05, 4.69) is 10.1 Å². The smallest absolute Gasteiger partial charge is 0.326 e. The van der Waals surface area contributed by atoms with Gasteiger partial charge in [0, 0.05) is 0 Å². The molecule has 0 fully saturated rings. The molecule has 1 aromatic carbocycles. The average molecular weight is 295 g/mol. The molecule has 0 unspecified atom stereocenters. The van der Waals surface area contributed by atoms with Crippen molar-refractivity contribution in [2.75, 3.05) is 13.7 Å². The third-order valence-electron chi connectivity index (χ3n) is 2.57. The quantitative estimate of drug-likeness (QED) is 0.680. The number of ether oxygens (including phenoxy) is 2. The lowest BCUT2D eigenvalue weighted by Crippen LogP contribution is -2.42. The molecule has 1 aromatic rings. The number of benzene rings is 1. The predicted octanol–water partition coefficient (Wildman–Crippen LogP) is 0.588. The van der Waals surface area contributed by atoms with Crippen molar-refractivity contribution in [2.45, 2.75) is 18.9 Å². The Balaban J connectivity index is 2.36. The molecule has 2 N–H and O–H groups in total. The lowest BCUT2D eigenvalue weighted by molar-refractivity contribution is -0.148. The highest BCUT2D eigenvalue weighted by atomic mass is 16.5. The molecule has 0 saturated carbocycles. The summed E-state index contributed by atoms with van der Waals surface area (Å²) in [4.78, 5) is 33.6. The minimum Gasteiger partial charge on any atom is -0.493 e. The van der Waals surface area contributed by atoms with Crippen LogP contribution in [-0.2, 0) is 19.1 Å². The summed E-state index contributed by atoms with van der Waals surface area (Å²) in [5, 5.41) is 11.2. The van der Waals surface area contributed by atoms with Crippen molar-refractivity contribution in [3.63, 3.8) is 0 Å². The van der Waals surface area contributed by atoms with Crippen molar-refractivity contribution in [2.24, 2.45) is 0 Å². The number of amides is 1. The fourth-order valence-corrected chi connectivity index (χ4v) is 1.49. The van der Waals surface area contributed by atoms with E-state index in [0.717, 1.165) is 7.11 Å². The van der Waals surface area contributed by atoms with E-state index in [1.165, 1.54) is 0 Å². The second kappa shape index (κ2) is 8.57. The van der Waals surface area contributed by atoms with E-state index >= 15 is 0 Å². The van der Waals surface area contributed by atoms with Crippen LogP contribution in [-0.4, -0.2) is 42.7 Å². The fourth-order valence-electron chi connectivity index (χ4n) is 1.49. The summed E-state index contributed by atoms with van der Waals surface area (Å²) in [5.74, 6) is -1.89. The number of nitrogens with one attached hydrogen (secondary N) is 1. The summed E-state index contributed by atoms with van der Waals surface area (Å²) >= 11 is 0. The van der Waals surface area contributed by atoms with Crippen LogP contribution < -0.4 is 10.1 Å². The van der Waals surface area contributed by atoms with E-state index in [4.69, 9.17) is 9.84 Å². The van der Waals surface area contributed by atoms with Crippen LogP contribution in [0.5, 0.6) is 5.75 Å². The molecule has 1 atom stereocenters. The van der Waals surface area contributed by atoms with E-state index in [0.29, 0.717) is 5.75 Å². The first-order chi connectivity index (χ1) is 10.0. The molecule has 0 heterocycles. The van der Waals surface area contributed by atoms with Gasteiger partial charge in [0.25, 0.3) is 0 Å². The number of rotatable bonds is 8. The number of hydrogen-bond donors (Lipinski definition) is 2. The Hall–Kier alpha value is -2.57. The molecule has 1 rings (SSSR count). The van der Waals surface area contributed by atoms with Crippen LogP contribution in [0.3, 0.4) is 0 Å². The van der Waals surface area contributed by atoms with Crippen LogP contribution in [0.2, 0.25) is 0 Å². The largest absolute Gasteiger partial charge is 0.493 e. The Kier molecular flexibility index (Phi) is 6.73. The van der Waals surface area contributed by atoms with Gasteiger partial charge in [0.1, 0.15) is 11.8 Å². The lowest BCUT2D eigenvalue weighted by Gasteiger charge is -2.13. The summed E-state index contributed by atoms with van der Waals surface area (Å²) in [6.45, 7) is 0.112. The van der Waals surface area contributed by atoms with Gasteiger partial charge in [0.05, 0.1) is 26.6 Å². The number of carboxylic acid groups (broad SMARTS) is 1. The van der Waals surface area contributed by atoms with Gasteiger partial charge in [-0.05, 0) is 12.1 Å². The average Bonchev–Trinajstić information content (AvgIpc) is 2.47. The SMILES string of the molecule is COC(=O)C[C@H](NC(=O)CCOc1ccccc1)C(=O)O. The third-order valence-corrected chi connectivity index (χ3v) is 2.57. The first-order valence-electron chi connectivity index (χ1n) is 6.29. The molecule has 0 aliphatic carbocycles. The highest BCUT2D eigenvalue weighted by molar-refractivity contribution is 5.87. The summed E-state index contributed by atoms with van der Waals surface area (Å²) in [6.07, 6.45) is -0.434. The molecule has 7 heteroatoms. The minimum absolute atomic E-state index is 0.0140. The summed E-state index contributed by atoms with van der Waals surface area (Å²) in [7, 11) is 1.15. The highest BCUT2D eigenvalue weighted by Gasteiger charge is 2.23. The number of methoxy groups -OCH3 is 1. The van der Waals surface area contributed by atoms with E-state index in [1.54, 1.807) is 24.3 Å². The summed E-state index contributed by atoms with van der Waals surface area (Å²) in [6, 6.07) is 7.62. The van der Waals surface area contributed by atoms with Crippen molar-refractivity contribution in [3.8, 4) is 5.75 Å². The maximum Gasteiger partial charge on any atom is 0.326 e. The normalized spacial score (nSPS) is 11.3. The Morgan fingerprint density at radius 3 is 2.48 bits per heavy atom. The van der Waals surface area contributed by atoms with Gasteiger partial charge < -0.3 is 19.9 Å². The van der Waals surface area contributed by atoms with Gasteiger partial charge in [-0.15, -0.1) is 0 Å². The highest BCUT2D eigenvalue weighted by Crippen LogP contribution is 2.08. The van der Waals surface area contributed by atoms with Crippen LogP contribution in [0.15, 0.2) is 30.3 Å². The molecule has 0 spiro atoms. The molecule has 0 aliphatic heterocycles. The number of carboxylic acids is 1. The lowest BCUT2D eigenvalue weighted by atomic mass is 10.2.